The van der Waals surface area contributed by atoms with Crippen LogP contribution in [0.5, 0.6) is 0 Å². The Kier molecular flexibility index (Phi) is 10.1. The number of hydrogen-bond donors (Lipinski definition) is 1. The number of carbonyl (C=O) groups excluding carboxylic acids is 3. The molecule has 0 saturated carbocycles. The predicted octanol–water partition coefficient (Wildman–Crippen LogP) is 6.06. The second kappa shape index (κ2) is 13.3. The first-order valence-electron chi connectivity index (χ1n) is 14.7. The number of piperidine rings is 1. The summed E-state index contributed by atoms with van der Waals surface area (Å²) in [5.41, 5.74) is 4.54. The first kappa shape index (κ1) is 30.3. The summed E-state index contributed by atoms with van der Waals surface area (Å²) < 4.78 is 0. The van der Waals surface area contributed by atoms with Crippen LogP contribution in [0.15, 0.2) is 48.5 Å². The highest BCUT2D eigenvalue weighted by Gasteiger charge is 2.46. The highest BCUT2D eigenvalue weighted by atomic mass is 32.2. The summed E-state index contributed by atoms with van der Waals surface area (Å²) in [5, 5.41) is 3.13. The van der Waals surface area contributed by atoms with Gasteiger partial charge in [-0.3, -0.25) is 9.59 Å². The average molecular weight is 564 g/mol. The van der Waals surface area contributed by atoms with E-state index in [1.807, 2.05) is 28.0 Å². The van der Waals surface area contributed by atoms with Crippen LogP contribution in [0.3, 0.4) is 0 Å². The third kappa shape index (κ3) is 6.98. The van der Waals surface area contributed by atoms with Crippen LogP contribution in [0.1, 0.15) is 88.3 Å². The summed E-state index contributed by atoms with van der Waals surface area (Å²) >= 11 is 1.53. The van der Waals surface area contributed by atoms with Gasteiger partial charge in [0.05, 0.1) is 10.6 Å². The molecular formula is C33H45N3O3S. The molecule has 0 radical (unpaired) electrons. The lowest BCUT2D eigenvalue weighted by Crippen LogP contribution is -2.48. The van der Waals surface area contributed by atoms with Crippen molar-refractivity contribution in [3.8, 4) is 0 Å². The van der Waals surface area contributed by atoms with Crippen LogP contribution in [-0.2, 0) is 19.8 Å². The molecule has 1 saturated heterocycles. The van der Waals surface area contributed by atoms with Gasteiger partial charge in [0, 0.05) is 44.1 Å². The number of anilines is 1. The Hall–Kier alpha value is -2.64. The summed E-state index contributed by atoms with van der Waals surface area (Å²) in [5.74, 6) is 1.10. The van der Waals surface area contributed by atoms with Gasteiger partial charge in [-0.15, -0.1) is 11.8 Å². The van der Waals surface area contributed by atoms with Crippen LogP contribution in [0.4, 0.5) is 5.69 Å². The molecule has 1 N–H and O–H groups in total. The smallest absolute Gasteiger partial charge is 0.224 e. The van der Waals surface area contributed by atoms with Crippen molar-refractivity contribution in [2.24, 2.45) is 5.92 Å². The molecule has 7 heteroatoms. The number of benzene rings is 2. The molecule has 2 unspecified atom stereocenters. The zero-order valence-electron chi connectivity index (χ0n) is 24.7. The number of hydrogen-bond acceptors (Lipinski definition) is 5. The molecule has 0 bridgehead atoms. The first-order chi connectivity index (χ1) is 19.1. The largest absolute Gasteiger partial charge is 0.343 e. The molecule has 0 aromatic heterocycles. The Bertz CT molecular complexity index is 1170. The van der Waals surface area contributed by atoms with Crippen molar-refractivity contribution in [2.45, 2.75) is 82.3 Å². The van der Waals surface area contributed by atoms with Gasteiger partial charge in [-0.1, -0.05) is 70.2 Å². The van der Waals surface area contributed by atoms with Gasteiger partial charge in [0.25, 0.3) is 0 Å². The van der Waals surface area contributed by atoms with Gasteiger partial charge in [0.2, 0.25) is 11.8 Å². The number of rotatable bonds is 11. The third-order valence-electron chi connectivity index (χ3n) is 8.46. The van der Waals surface area contributed by atoms with Crippen LogP contribution in [0, 0.1) is 5.92 Å². The Balaban J connectivity index is 1.41. The molecule has 2 aliphatic rings. The van der Waals surface area contributed by atoms with Gasteiger partial charge in [0.1, 0.15) is 6.29 Å². The Labute approximate surface area is 244 Å². The molecule has 216 valence electrons. The molecule has 2 aliphatic heterocycles. The van der Waals surface area contributed by atoms with Crippen LogP contribution >= 0.6 is 11.8 Å². The minimum absolute atomic E-state index is 0.0333. The van der Waals surface area contributed by atoms with Gasteiger partial charge < -0.3 is 19.9 Å². The molecule has 1 fully saturated rings. The molecular weight excluding hydrogens is 518 g/mol. The van der Waals surface area contributed by atoms with Crippen molar-refractivity contribution in [1.82, 2.24) is 10.2 Å². The Morgan fingerprint density at radius 3 is 2.33 bits per heavy atom. The third-order valence-corrected chi connectivity index (χ3v) is 9.79. The number of likely N-dealkylation sites (tertiary alicyclic amines) is 1. The molecule has 2 amide bonds. The Morgan fingerprint density at radius 1 is 1.02 bits per heavy atom. The summed E-state index contributed by atoms with van der Waals surface area (Å²) in [6, 6.07) is 16.7. The van der Waals surface area contributed by atoms with E-state index in [2.05, 4.69) is 63.3 Å². The summed E-state index contributed by atoms with van der Waals surface area (Å²) in [4.78, 5) is 41.9. The maximum absolute atomic E-state index is 13.4. The second-order valence-corrected chi connectivity index (χ2v) is 13.5. The van der Waals surface area contributed by atoms with Gasteiger partial charge in [-0.25, -0.2) is 0 Å². The van der Waals surface area contributed by atoms with Crippen molar-refractivity contribution in [3.05, 3.63) is 65.2 Å². The molecule has 40 heavy (non-hydrogen) atoms. The zero-order valence-corrected chi connectivity index (χ0v) is 25.5. The summed E-state index contributed by atoms with van der Waals surface area (Å²) in [7, 11) is 0. The number of carbonyl (C=O) groups is 3. The number of fused-ring (bicyclic) bond motifs is 2. The molecule has 1 spiro atoms. The number of nitrogens with zero attached hydrogens (tertiary/aromatic N) is 2. The van der Waals surface area contributed by atoms with Crippen LogP contribution in [0.25, 0.3) is 0 Å². The molecule has 0 aliphatic carbocycles. The fraction of sp³-hybridized carbons (Fsp3) is 0.545. The van der Waals surface area contributed by atoms with E-state index in [-0.39, 0.29) is 29.0 Å². The zero-order chi connectivity index (χ0) is 28.9. The van der Waals surface area contributed by atoms with Crippen LogP contribution in [0.2, 0.25) is 0 Å². The van der Waals surface area contributed by atoms with E-state index in [0.29, 0.717) is 31.5 Å². The molecule has 2 heterocycles. The quantitative estimate of drug-likeness (QED) is 0.266. The SMILES string of the molecule is CC(=O)N1CC2(CCN(C(=O)CC(C=O)SC(NCCC(C)C)c3ccccc3)CC2)c2cc(C(C)C)ccc21. The predicted molar refractivity (Wildman–Crippen MR) is 165 cm³/mol. The summed E-state index contributed by atoms with van der Waals surface area (Å²) in [6.07, 6.45) is 3.81. The fourth-order valence-corrected chi connectivity index (χ4v) is 7.10. The second-order valence-electron chi connectivity index (χ2n) is 12.1. The number of amides is 2. The van der Waals surface area contributed by atoms with Crippen molar-refractivity contribution >= 4 is 35.5 Å². The average Bonchev–Trinajstić information content (AvgIpc) is 3.26. The van der Waals surface area contributed by atoms with E-state index in [0.717, 1.165) is 43.3 Å². The number of nitrogens with one attached hydrogen (secondary N) is 1. The maximum Gasteiger partial charge on any atom is 0.224 e. The van der Waals surface area contributed by atoms with E-state index >= 15 is 0 Å². The van der Waals surface area contributed by atoms with Gasteiger partial charge in [-0.2, -0.15) is 0 Å². The summed E-state index contributed by atoms with van der Waals surface area (Å²) in [6.45, 7) is 13.2. The standard InChI is InChI=1S/C33H45N3O3S/c1-23(2)13-16-34-32(26-9-7-6-8-10-26)40-28(21-37)20-31(39)35-17-14-33(15-18-35)22-36(25(5)38)30-12-11-27(24(3)4)19-29(30)33/h6-12,19,21,23-24,28,32,34H,13-18,20,22H2,1-5H3. The van der Waals surface area contributed by atoms with Crippen LogP contribution < -0.4 is 10.2 Å². The van der Waals surface area contributed by atoms with Gasteiger partial charge in [-0.05, 0) is 60.4 Å². The molecule has 2 atom stereocenters. The lowest BCUT2D eigenvalue weighted by Gasteiger charge is -2.40. The topological polar surface area (TPSA) is 69.7 Å². The highest BCUT2D eigenvalue weighted by molar-refractivity contribution is 8.00. The van der Waals surface area contributed by atoms with E-state index < -0.39 is 5.25 Å². The van der Waals surface area contributed by atoms with Crippen molar-refractivity contribution in [3.63, 3.8) is 0 Å². The first-order valence-corrected chi connectivity index (χ1v) is 15.7. The van der Waals surface area contributed by atoms with Crippen molar-refractivity contribution < 1.29 is 14.4 Å². The van der Waals surface area contributed by atoms with Crippen molar-refractivity contribution in [1.29, 1.82) is 0 Å². The normalized spacial score (nSPS) is 17.8. The van der Waals surface area contributed by atoms with E-state index in [9.17, 15) is 14.4 Å². The number of aldehydes is 1. The minimum atomic E-state index is -0.422. The molecule has 6 nitrogen and oxygen atoms in total. The fourth-order valence-electron chi connectivity index (χ4n) is 5.92. The van der Waals surface area contributed by atoms with Gasteiger partial charge in [0.15, 0.2) is 0 Å². The minimum Gasteiger partial charge on any atom is -0.343 e. The molecule has 4 rings (SSSR count). The van der Waals surface area contributed by atoms with E-state index in [4.69, 9.17) is 0 Å². The molecule has 2 aromatic rings. The van der Waals surface area contributed by atoms with E-state index in [1.54, 1.807) is 6.92 Å². The van der Waals surface area contributed by atoms with Crippen molar-refractivity contribution in [2.75, 3.05) is 31.1 Å². The highest BCUT2D eigenvalue weighted by Crippen LogP contribution is 2.48. The number of thioether (sulfide) groups is 1. The lowest BCUT2D eigenvalue weighted by molar-refractivity contribution is -0.133. The van der Waals surface area contributed by atoms with Crippen LogP contribution in [-0.4, -0.2) is 54.4 Å². The maximum atomic E-state index is 13.4. The van der Waals surface area contributed by atoms with E-state index in [1.165, 1.54) is 22.9 Å². The monoisotopic (exact) mass is 563 g/mol. The Morgan fingerprint density at radius 2 is 1.73 bits per heavy atom. The van der Waals surface area contributed by atoms with Gasteiger partial charge >= 0.3 is 0 Å². The molecule has 2 aromatic carbocycles. The lowest BCUT2D eigenvalue weighted by atomic mass is 9.73.